The van der Waals surface area contributed by atoms with Crippen LogP contribution in [0.2, 0.25) is 11.6 Å². The fourth-order valence-electron chi connectivity index (χ4n) is 8.34. The quantitative estimate of drug-likeness (QED) is 0.160. The van der Waals surface area contributed by atoms with Crippen LogP contribution in [0.25, 0.3) is 0 Å². The number of carbonyl (C=O) groups excluding carboxylic acids is 6. The number of benzene rings is 1. The summed E-state index contributed by atoms with van der Waals surface area (Å²) in [6.45, 7) is 2.48. The van der Waals surface area contributed by atoms with Crippen LogP contribution in [0.1, 0.15) is 84.6 Å². The van der Waals surface area contributed by atoms with Crippen molar-refractivity contribution in [1.82, 2.24) is 10.5 Å². The van der Waals surface area contributed by atoms with E-state index < -0.39 is 85.9 Å². The normalized spacial score (nSPS) is 31.1. The van der Waals surface area contributed by atoms with Crippen molar-refractivity contribution in [3.05, 3.63) is 35.9 Å². The Hall–Kier alpha value is -4.22. The Morgan fingerprint density at radius 1 is 0.830 bits per heavy atom. The Bertz CT molecular complexity index is 1460. The zero-order valence-electron chi connectivity index (χ0n) is 30.7. The summed E-state index contributed by atoms with van der Waals surface area (Å²) >= 11 is 0. The minimum atomic E-state index is -1.52. The largest absolute Gasteiger partial charge is 0.673 e. The van der Waals surface area contributed by atoms with E-state index in [1.807, 2.05) is 30.3 Å². The van der Waals surface area contributed by atoms with Crippen molar-refractivity contribution in [3.63, 3.8) is 0 Å². The molecule has 1 spiro atoms. The molecule has 4 aliphatic rings. The van der Waals surface area contributed by atoms with Crippen LogP contribution < -0.4 is 10.5 Å². The highest BCUT2D eigenvalue weighted by Crippen LogP contribution is 2.54. The molecule has 0 aliphatic carbocycles. The second-order valence-electron chi connectivity index (χ2n) is 14.3. The lowest BCUT2D eigenvalue weighted by Crippen LogP contribution is -2.63. The van der Waals surface area contributed by atoms with Gasteiger partial charge in [0.15, 0.2) is 24.6 Å². The summed E-state index contributed by atoms with van der Waals surface area (Å²) in [6, 6.07) is 8.49. The Morgan fingerprint density at radius 2 is 1.43 bits per heavy atom. The first-order valence-electron chi connectivity index (χ1n) is 18.4. The van der Waals surface area contributed by atoms with Crippen molar-refractivity contribution in [2.24, 2.45) is 0 Å². The van der Waals surface area contributed by atoms with Gasteiger partial charge in [0.25, 0.3) is 5.97 Å². The molecular weight excluding hydrogens is 695 g/mol. The van der Waals surface area contributed by atoms with Gasteiger partial charge in [0.05, 0.1) is 12.1 Å². The molecule has 16 nitrogen and oxygen atoms in total. The molecule has 0 radical (unpaired) electrons. The summed E-state index contributed by atoms with van der Waals surface area (Å²) in [7, 11) is 0. The minimum Gasteiger partial charge on any atom is -0.673 e. The van der Waals surface area contributed by atoms with Crippen molar-refractivity contribution >= 4 is 42.4 Å². The van der Waals surface area contributed by atoms with Crippen LogP contribution in [0.4, 0.5) is 4.79 Å². The fourth-order valence-corrected chi connectivity index (χ4v) is 8.34. The Kier molecular flexibility index (Phi) is 13.7. The molecule has 1 aromatic rings. The van der Waals surface area contributed by atoms with E-state index in [1.165, 1.54) is 6.92 Å². The molecule has 292 valence electrons. The summed E-state index contributed by atoms with van der Waals surface area (Å²) in [6.07, 6.45) is -1.93. The molecule has 53 heavy (non-hydrogen) atoms. The summed E-state index contributed by atoms with van der Waals surface area (Å²) in [4.78, 5) is 74.9. The third kappa shape index (κ3) is 10.5. The number of hydrogen-bond acceptors (Lipinski definition) is 15. The first kappa shape index (κ1) is 40.0. The minimum absolute atomic E-state index is 0.0161. The highest BCUT2D eigenvalue weighted by molar-refractivity contribution is 6.77. The van der Waals surface area contributed by atoms with Crippen LogP contribution in [-0.4, -0.2) is 98.4 Å². The molecular formula is C36H50BN2O14-. The molecule has 0 unspecified atom stereocenters. The van der Waals surface area contributed by atoms with Crippen LogP contribution in [0.3, 0.4) is 0 Å². The zero-order valence-corrected chi connectivity index (χ0v) is 30.7. The van der Waals surface area contributed by atoms with Crippen molar-refractivity contribution in [3.8, 4) is 0 Å². The van der Waals surface area contributed by atoms with Crippen LogP contribution >= 0.6 is 0 Å². The molecule has 2 N–H and O–H groups in total. The standard InChI is InChI=1S/C36H50BN2O14/c1-21(40)46-20-30-31(48-22(2)41)32(49-23(3)42)33(50-24(4)43)35(52-30)51-28(18-38-36(45)47-19-25-10-6-5-7-11-25)16-17-29-34(44)53-37(39-29)26-12-8-13-27(37)15-9-14-26/h5-7,10-11,26-33,35,39H,8-9,12-20H2,1-4H3,(H,38,45)/q-1/t26?,27?,28-,29+,30-,31+,32+,33-,35-,37?/m1/s1. The molecule has 4 heterocycles. The summed E-state index contributed by atoms with van der Waals surface area (Å²) in [5.41, 5.74) is 0.780. The number of nitrogens with one attached hydrogen (secondary N) is 2. The second-order valence-corrected chi connectivity index (χ2v) is 14.3. The summed E-state index contributed by atoms with van der Waals surface area (Å²) in [5.74, 6) is -2.74. The molecule has 1 amide bonds. The number of ether oxygens (including phenoxy) is 7. The van der Waals surface area contributed by atoms with Gasteiger partial charge in [-0.3, -0.25) is 24.0 Å². The van der Waals surface area contributed by atoms with Gasteiger partial charge < -0.3 is 48.4 Å². The second kappa shape index (κ2) is 18.2. The van der Waals surface area contributed by atoms with Crippen LogP contribution in [0, 0.1) is 0 Å². The van der Waals surface area contributed by atoms with E-state index >= 15 is 0 Å². The van der Waals surface area contributed by atoms with E-state index in [0.29, 0.717) is 11.6 Å². The number of amides is 1. The van der Waals surface area contributed by atoms with Gasteiger partial charge in [-0.25, -0.2) is 4.79 Å². The number of hydrogen-bond donors (Lipinski definition) is 2. The van der Waals surface area contributed by atoms with Gasteiger partial charge in [0.2, 0.25) is 6.48 Å². The van der Waals surface area contributed by atoms with E-state index in [4.69, 9.17) is 37.8 Å². The van der Waals surface area contributed by atoms with E-state index in [-0.39, 0.29) is 32.0 Å². The van der Waals surface area contributed by atoms with Gasteiger partial charge in [-0.2, -0.15) is 0 Å². The average Bonchev–Trinajstić information content (AvgIpc) is 3.41. The average molecular weight is 746 g/mol. The fraction of sp³-hybridized carbons (Fsp3) is 0.667. The van der Waals surface area contributed by atoms with Crippen molar-refractivity contribution in [2.45, 2.75) is 140 Å². The first-order chi connectivity index (χ1) is 25.3. The third-order valence-corrected chi connectivity index (χ3v) is 10.5. The molecule has 2 bridgehead atoms. The Labute approximate surface area is 308 Å². The number of rotatable bonds is 14. The Morgan fingerprint density at radius 3 is 2.04 bits per heavy atom. The molecule has 7 atom stereocenters. The lowest BCUT2D eigenvalue weighted by molar-refractivity contribution is -0.316. The smallest absolute Gasteiger partial charge is 0.407 e. The van der Waals surface area contributed by atoms with Crippen molar-refractivity contribution < 1.29 is 66.6 Å². The maximum atomic E-state index is 13.4. The predicted octanol–water partition coefficient (Wildman–Crippen LogP) is 3.23. The predicted molar refractivity (Wildman–Crippen MR) is 185 cm³/mol. The van der Waals surface area contributed by atoms with Gasteiger partial charge >= 0.3 is 30.0 Å². The van der Waals surface area contributed by atoms with Crippen LogP contribution in [0.15, 0.2) is 30.3 Å². The van der Waals surface area contributed by atoms with Crippen molar-refractivity contribution in [1.29, 1.82) is 0 Å². The van der Waals surface area contributed by atoms with E-state index in [0.717, 1.165) is 64.9 Å². The highest BCUT2D eigenvalue weighted by Gasteiger charge is 2.55. The SMILES string of the molecule is CC(=O)OC[C@H]1O[C@@H](O[C@H](CC[C@@H]2N[B-]3(OC2=O)C2CCCC3CCC2)CNC(=O)OCc2ccccc2)[C@H](OC(C)=O)[C@@H](OC(C)=O)[C@H]1OC(C)=O. The van der Waals surface area contributed by atoms with E-state index in [1.54, 1.807) is 0 Å². The van der Waals surface area contributed by atoms with Crippen LogP contribution in [0.5, 0.6) is 0 Å². The van der Waals surface area contributed by atoms with E-state index in [2.05, 4.69) is 10.5 Å². The zero-order chi connectivity index (χ0) is 38.1. The monoisotopic (exact) mass is 745 g/mol. The molecule has 4 fully saturated rings. The molecule has 4 saturated heterocycles. The topological polar surface area (TPSA) is 200 Å². The number of alkyl carbamates (subject to hydrolysis) is 1. The van der Waals surface area contributed by atoms with Gasteiger partial charge in [-0.05, 0) is 18.4 Å². The van der Waals surface area contributed by atoms with Crippen LogP contribution in [-0.2, 0) is 68.4 Å². The number of carbonyl (C=O) groups is 6. The maximum absolute atomic E-state index is 13.4. The Balaban J connectivity index is 1.37. The van der Waals surface area contributed by atoms with Gasteiger partial charge in [0, 0.05) is 34.2 Å². The highest BCUT2D eigenvalue weighted by atomic mass is 16.7. The third-order valence-electron chi connectivity index (χ3n) is 10.5. The molecule has 17 heteroatoms. The molecule has 1 aromatic carbocycles. The first-order valence-corrected chi connectivity index (χ1v) is 18.4. The number of esters is 4. The summed E-state index contributed by atoms with van der Waals surface area (Å²) < 4.78 is 45.9. The molecule has 0 saturated carbocycles. The maximum Gasteiger partial charge on any atom is 0.407 e. The van der Waals surface area contributed by atoms with Gasteiger partial charge in [-0.1, -0.05) is 68.9 Å². The molecule has 0 aromatic heterocycles. The molecule has 4 aliphatic heterocycles. The lowest BCUT2D eigenvalue weighted by atomic mass is 9.28. The lowest BCUT2D eigenvalue weighted by Gasteiger charge is -2.55. The van der Waals surface area contributed by atoms with Crippen molar-refractivity contribution in [2.75, 3.05) is 13.2 Å². The van der Waals surface area contributed by atoms with Gasteiger partial charge in [0.1, 0.15) is 19.3 Å². The van der Waals surface area contributed by atoms with E-state index in [9.17, 15) is 28.8 Å². The summed E-state index contributed by atoms with van der Waals surface area (Å²) in [5, 5.41) is 6.31. The molecule has 5 rings (SSSR count). The van der Waals surface area contributed by atoms with Gasteiger partial charge in [-0.15, -0.1) is 11.6 Å².